The standard InChI is InChI=1S/C30H26N2O4/c1-32(2)21-18-16-20(17-19-21)30(26-14-8-6-13-25(26)29(34)36-30)31-27-15-9-7-11-23(27)22-10-4-5-12-24(22)28(33)35-3/h4-19,31H,1-3H3. The molecule has 4 aromatic rings. The van der Waals surface area contributed by atoms with Crippen LogP contribution in [0.5, 0.6) is 0 Å². The minimum Gasteiger partial charge on any atom is -0.465 e. The van der Waals surface area contributed by atoms with Crippen molar-refractivity contribution in [2.24, 2.45) is 0 Å². The Morgan fingerprint density at radius 1 is 0.806 bits per heavy atom. The van der Waals surface area contributed by atoms with E-state index in [0.29, 0.717) is 22.4 Å². The third-order valence-electron chi connectivity index (χ3n) is 6.42. The van der Waals surface area contributed by atoms with E-state index >= 15 is 0 Å². The molecule has 4 aromatic carbocycles. The van der Waals surface area contributed by atoms with E-state index in [-0.39, 0.29) is 0 Å². The predicted octanol–water partition coefficient (Wildman–Crippen LogP) is 5.69. The third-order valence-corrected chi connectivity index (χ3v) is 6.42. The smallest absolute Gasteiger partial charge is 0.341 e. The second-order valence-corrected chi connectivity index (χ2v) is 8.77. The molecule has 1 aliphatic rings. The first kappa shape index (κ1) is 23.2. The number of fused-ring (bicyclic) bond motifs is 1. The molecule has 5 rings (SSSR count). The molecule has 180 valence electrons. The van der Waals surface area contributed by atoms with Gasteiger partial charge in [-0.1, -0.05) is 66.7 Å². The molecule has 0 saturated carbocycles. The maximum atomic E-state index is 13.0. The number of carbonyl (C=O) groups is 2. The first-order chi connectivity index (χ1) is 17.4. The van der Waals surface area contributed by atoms with Crippen molar-refractivity contribution < 1.29 is 19.1 Å². The van der Waals surface area contributed by atoms with Gasteiger partial charge < -0.3 is 19.7 Å². The van der Waals surface area contributed by atoms with Gasteiger partial charge in [0.2, 0.25) is 5.72 Å². The summed E-state index contributed by atoms with van der Waals surface area (Å²) in [4.78, 5) is 27.6. The molecule has 1 unspecified atom stereocenters. The molecule has 0 spiro atoms. The number of hydrogen-bond acceptors (Lipinski definition) is 6. The van der Waals surface area contributed by atoms with Gasteiger partial charge in [-0.05, 0) is 35.9 Å². The van der Waals surface area contributed by atoms with Crippen LogP contribution in [0.1, 0.15) is 31.8 Å². The van der Waals surface area contributed by atoms with Crippen molar-refractivity contribution in [3.8, 4) is 11.1 Å². The molecule has 0 radical (unpaired) electrons. The van der Waals surface area contributed by atoms with E-state index in [2.05, 4.69) is 5.32 Å². The van der Waals surface area contributed by atoms with Gasteiger partial charge in [0.1, 0.15) is 0 Å². The molecule has 6 heteroatoms. The van der Waals surface area contributed by atoms with Crippen molar-refractivity contribution in [1.82, 2.24) is 0 Å². The highest BCUT2D eigenvalue weighted by atomic mass is 16.6. The summed E-state index contributed by atoms with van der Waals surface area (Å²) in [7, 11) is 5.32. The molecule has 1 aliphatic heterocycles. The van der Waals surface area contributed by atoms with Gasteiger partial charge in [-0.2, -0.15) is 0 Å². The number of rotatable bonds is 6. The number of hydrogen-bond donors (Lipinski definition) is 1. The molecular weight excluding hydrogens is 452 g/mol. The molecule has 0 bridgehead atoms. The summed E-state index contributed by atoms with van der Waals surface area (Å²) >= 11 is 0. The van der Waals surface area contributed by atoms with E-state index in [9.17, 15) is 9.59 Å². The van der Waals surface area contributed by atoms with E-state index < -0.39 is 17.7 Å². The fourth-order valence-electron chi connectivity index (χ4n) is 4.61. The number of para-hydroxylation sites is 1. The second kappa shape index (κ2) is 9.23. The lowest BCUT2D eigenvalue weighted by Crippen LogP contribution is -2.37. The molecule has 0 saturated heterocycles. The number of nitrogens with zero attached hydrogens (tertiary/aromatic N) is 1. The zero-order valence-electron chi connectivity index (χ0n) is 20.3. The molecule has 0 amide bonds. The van der Waals surface area contributed by atoms with Crippen molar-refractivity contribution in [1.29, 1.82) is 0 Å². The topological polar surface area (TPSA) is 67.9 Å². The van der Waals surface area contributed by atoms with Gasteiger partial charge in [-0.25, -0.2) is 9.59 Å². The lowest BCUT2D eigenvalue weighted by Gasteiger charge is -2.33. The van der Waals surface area contributed by atoms with Crippen LogP contribution in [0.2, 0.25) is 0 Å². The Balaban J connectivity index is 1.69. The normalized spacial score (nSPS) is 16.1. The Labute approximate surface area is 210 Å². The quantitative estimate of drug-likeness (QED) is 0.359. The summed E-state index contributed by atoms with van der Waals surface area (Å²) in [5, 5.41) is 3.55. The van der Waals surface area contributed by atoms with Crippen LogP contribution >= 0.6 is 0 Å². The third kappa shape index (κ3) is 3.86. The van der Waals surface area contributed by atoms with Gasteiger partial charge in [-0.15, -0.1) is 0 Å². The number of benzene rings is 4. The van der Waals surface area contributed by atoms with Crippen LogP contribution in [0.15, 0.2) is 97.1 Å². The first-order valence-corrected chi connectivity index (χ1v) is 11.6. The predicted molar refractivity (Wildman–Crippen MR) is 140 cm³/mol. The molecule has 1 heterocycles. The molecule has 1 atom stereocenters. The average molecular weight is 479 g/mol. The molecule has 0 aromatic heterocycles. The molecule has 0 aliphatic carbocycles. The maximum absolute atomic E-state index is 13.0. The number of cyclic esters (lactones) is 1. The number of nitrogens with one attached hydrogen (secondary N) is 1. The van der Waals surface area contributed by atoms with Crippen LogP contribution < -0.4 is 10.2 Å². The number of carbonyl (C=O) groups excluding carboxylic acids is 2. The Hall–Kier alpha value is -4.58. The van der Waals surface area contributed by atoms with Gasteiger partial charge in [0, 0.05) is 42.2 Å². The van der Waals surface area contributed by atoms with E-state index in [1.807, 2.05) is 97.9 Å². The van der Waals surface area contributed by atoms with Crippen LogP contribution in [0.4, 0.5) is 11.4 Å². The Morgan fingerprint density at radius 3 is 2.11 bits per heavy atom. The summed E-state index contributed by atoms with van der Waals surface area (Å²) in [6.07, 6.45) is 0. The van der Waals surface area contributed by atoms with Gasteiger partial charge >= 0.3 is 11.9 Å². The van der Waals surface area contributed by atoms with E-state index in [4.69, 9.17) is 9.47 Å². The minimum atomic E-state index is -1.26. The fraction of sp³-hybridized carbons (Fsp3) is 0.133. The summed E-state index contributed by atoms with van der Waals surface area (Å²) in [6.45, 7) is 0. The highest BCUT2D eigenvalue weighted by Gasteiger charge is 2.47. The molecular formula is C30H26N2O4. The average Bonchev–Trinajstić information content (AvgIpc) is 3.21. The van der Waals surface area contributed by atoms with Crippen molar-refractivity contribution in [3.05, 3.63) is 119 Å². The monoisotopic (exact) mass is 478 g/mol. The van der Waals surface area contributed by atoms with Crippen molar-refractivity contribution in [2.45, 2.75) is 5.72 Å². The Kier molecular flexibility index (Phi) is 5.94. The van der Waals surface area contributed by atoms with Crippen LogP contribution in [0.3, 0.4) is 0 Å². The van der Waals surface area contributed by atoms with Gasteiger partial charge in [0.15, 0.2) is 0 Å². The summed E-state index contributed by atoms with van der Waals surface area (Å²) < 4.78 is 11.2. The van der Waals surface area contributed by atoms with E-state index in [1.54, 1.807) is 18.2 Å². The Morgan fingerprint density at radius 2 is 1.42 bits per heavy atom. The highest BCUT2D eigenvalue weighted by molar-refractivity contribution is 6.00. The van der Waals surface area contributed by atoms with Gasteiger partial charge in [-0.3, -0.25) is 0 Å². The number of anilines is 2. The van der Waals surface area contributed by atoms with Crippen molar-refractivity contribution in [2.75, 3.05) is 31.4 Å². The van der Waals surface area contributed by atoms with Crippen LogP contribution in [0, 0.1) is 0 Å². The van der Waals surface area contributed by atoms with Crippen LogP contribution in [-0.4, -0.2) is 33.1 Å². The van der Waals surface area contributed by atoms with Gasteiger partial charge in [0.05, 0.1) is 18.2 Å². The van der Waals surface area contributed by atoms with Crippen LogP contribution in [-0.2, 0) is 15.2 Å². The zero-order valence-corrected chi connectivity index (χ0v) is 20.3. The highest BCUT2D eigenvalue weighted by Crippen LogP contribution is 2.44. The second-order valence-electron chi connectivity index (χ2n) is 8.77. The zero-order chi connectivity index (χ0) is 25.3. The van der Waals surface area contributed by atoms with Crippen molar-refractivity contribution in [3.63, 3.8) is 0 Å². The van der Waals surface area contributed by atoms with Gasteiger partial charge in [0.25, 0.3) is 0 Å². The first-order valence-electron chi connectivity index (χ1n) is 11.6. The minimum absolute atomic E-state index is 0.401. The summed E-state index contributed by atoms with van der Waals surface area (Å²) in [5.74, 6) is -0.825. The largest absolute Gasteiger partial charge is 0.465 e. The lowest BCUT2D eigenvalue weighted by atomic mass is 9.91. The van der Waals surface area contributed by atoms with E-state index in [1.165, 1.54) is 7.11 Å². The lowest BCUT2D eigenvalue weighted by molar-refractivity contribution is 0.0212. The Bertz CT molecular complexity index is 1450. The fourth-order valence-corrected chi connectivity index (χ4v) is 4.61. The number of ether oxygens (including phenoxy) is 2. The molecule has 0 fully saturated rings. The molecule has 6 nitrogen and oxygen atoms in total. The van der Waals surface area contributed by atoms with Crippen molar-refractivity contribution >= 4 is 23.3 Å². The summed E-state index contributed by atoms with van der Waals surface area (Å²) in [5.41, 5.74) is 4.43. The SMILES string of the molecule is COC(=O)c1ccccc1-c1ccccc1NC1(c2ccc(N(C)C)cc2)OC(=O)c2ccccc21. The molecule has 36 heavy (non-hydrogen) atoms. The van der Waals surface area contributed by atoms with E-state index in [0.717, 1.165) is 22.4 Å². The molecule has 1 N–H and O–H groups in total. The summed E-state index contributed by atoms with van der Waals surface area (Å²) in [6, 6.07) is 30.2. The maximum Gasteiger partial charge on any atom is 0.341 e. The number of methoxy groups -OCH3 is 1. The number of esters is 2. The van der Waals surface area contributed by atoms with Crippen LogP contribution in [0.25, 0.3) is 11.1 Å².